The molecule has 0 bridgehead atoms. The van der Waals surface area contributed by atoms with Crippen molar-refractivity contribution in [3.8, 4) is 0 Å². The van der Waals surface area contributed by atoms with Gasteiger partial charge >= 0.3 is 0 Å². The molecule has 1 saturated carbocycles. The van der Waals surface area contributed by atoms with Crippen LogP contribution >= 0.6 is 22.9 Å². The number of nitrogens with zero attached hydrogens (tertiary/aromatic N) is 2. The smallest absolute Gasteiger partial charge is 0.0941 e. The van der Waals surface area contributed by atoms with Gasteiger partial charge in [0.15, 0.2) is 0 Å². The second-order valence-corrected chi connectivity index (χ2v) is 6.64. The molecule has 1 heterocycles. The number of rotatable bonds is 5. The molecule has 0 aromatic carbocycles. The van der Waals surface area contributed by atoms with Crippen LogP contribution < -0.4 is 0 Å². The summed E-state index contributed by atoms with van der Waals surface area (Å²) >= 11 is 7.52. The third kappa shape index (κ3) is 3.69. The summed E-state index contributed by atoms with van der Waals surface area (Å²) in [6.45, 7) is 3.51. The van der Waals surface area contributed by atoms with Crippen LogP contribution in [0.1, 0.15) is 43.3 Å². The van der Waals surface area contributed by atoms with Gasteiger partial charge < -0.3 is 4.90 Å². The van der Waals surface area contributed by atoms with Crippen molar-refractivity contribution in [2.45, 2.75) is 50.9 Å². The van der Waals surface area contributed by atoms with Crippen LogP contribution in [0.3, 0.4) is 0 Å². The molecule has 1 aliphatic rings. The van der Waals surface area contributed by atoms with Crippen LogP contribution in [0.15, 0.2) is 5.38 Å². The highest BCUT2D eigenvalue weighted by molar-refractivity contribution is 7.09. The monoisotopic (exact) mass is 286 g/mol. The molecule has 0 radical (unpaired) electrons. The minimum Gasteiger partial charge on any atom is -0.303 e. The molecule has 0 N–H and O–H groups in total. The minimum absolute atomic E-state index is 0.534. The molecule has 1 aromatic rings. The zero-order valence-corrected chi connectivity index (χ0v) is 12.9. The summed E-state index contributed by atoms with van der Waals surface area (Å²) in [5, 5.41) is 3.30. The first kappa shape index (κ1) is 14.3. The van der Waals surface area contributed by atoms with Gasteiger partial charge in [-0.15, -0.1) is 22.9 Å². The van der Waals surface area contributed by atoms with E-state index in [2.05, 4.69) is 29.2 Å². The molecule has 1 aliphatic carbocycles. The Labute approximate surface area is 119 Å². The summed E-state index contributed by atoms with van der Waals surface area (Å²) in [5.41, 5.74) is 1.02. The molecule has 0 saturated heterocycles. The van der Waals surface area contributed by atoms with E-state index in [0.29, 0.717) is 5.88 Å². The fourth-order valence-corrected chi connectivity index (χ4v) is 3.93. The molecule has 2 nitrogen and oxygen atoms in total. The average molecular weight is 287 g/mol. The van der Waals surface area contributed by atoms with Crippen LogP contribution in [0.4, 0.5) is 0 Å². The molecule has 2 rings (SSSR count). The minimum atomic E-state index is 0.534. The predicted molar refractivity (Wildman–Crippen MR) is 79.4 cm³/mol. The van der Waals surface area contributed by atoms with E-state index < -0.39 is 0 Å². The fraction of sp³-hybridized carbons (Fsp3) is 0.786. The van der Waals surface area contributed by atoms with Crippen LogP contribution in [-0.4, -0.2) is 29.5 Å². The van der Waals surface area contributed by atoms with Gasteiger partial charge in [0, 0.05) is 24.4 Å². The highest BCUT2D eigenvalue weighted by atomic mass is 35.5. The Hall–Kier alpha value is -0.120. The lowest BCUT2D eigenvalue weighted by Gasteiger charge is -2.36. The van der Waals surface area contributed by atoms with Gasteiger partial charge in [0.05, 0.1) is 16.6 Å². The van der Waals surface area contributed by atoms with E-state index >= 15 is 0 Å². The van der Waals surface area contributed by atoms with Crippen molar-refractivity contribution >= 4 is 22.9 Å². The highest BCUT2D eigenvalue weighted by Crippen LogP contribution is 2.27. The molecule has 0 aliphatic heterocycles. The Bertz CT molecular complexity index is 366. The quantitative estimate of drug-likeness (QED) is 0.762. The van der Waals surface area contributed by atoms with Gasteiger partial charge in [-0.3, -0.25) is 0 Å². The van der Waals surface area contributed by atoms with Crippen LogP contribution in [0.2, 0.25) is 0 Å². The number of likely N-dealkylation sites (N-methyl/N-ethyl adjacent to an activating group) is 1. The topological polar surface area (TPSA) is 16.1 Å². The molecule has 1 fully saturated rings. The van der Waals surface area contributed by atoms with E-state index in [1.807, 2.05) is 0 Å². The van der Waals surface area contributed by atoms with Gasteiger partial charge in [-0.25, -0.2) is 4.98 Å². The van der Waals surface area contributed by atoms with E-state index in [4.69, 9.17) is 11.6 Å². The summed E-state index contributed by atoms with van der Waals surface area (Å²) in [5.74, 6) is 1.38. The zero-order chi connectivity index (χ0) is 13.0. The van der Waals surface area contributed by atoms with Crippen LogP contribution in [0.25, 0.3) is 0 Å². The second kappa shape index (κ2) is 6.88. The third-order valence-corrected chi connectivity index (χ3v) is 5.28. The predicted octanol–water partition coefficient (Wildman–Crippen LogP) is 3.93. The van der Waals surface area contributed by atoms with E-state index in [0.717, 1.165) is 30.6 Å². The number of hydrogen-bond acceptors (Lipinski definition) is 3. The second-order valence-electron chi connectivity index (χ2n) is 5.43. The normalized spacial score (nSPS) is 24.7. The van der Waals surface area contributed by atoms with Crippen molar-refractivity contribution in [3.63, 3.8) is 0 Å². The average Bonchev–Trinajstić information content (AvgIpc) is 2.84. The molecule has 2 atom stereocenters. The molecule has 1 aromatic heterocycles. The van der Waals surface area contributed by atoms with Gasteiger partial charge in [-0.05, 0) is 25.8 Å². The summed E-state index contributed by atoms with van der Waals surface area (Å²) in [6.07, 6.45) is 6.62. The Morgan fingerprint density at radius 3 is 2.89 bits per heavy atom. The number of aromatic nitrogens is 1. The fourth-order valence-electron chi connectivity index (χ4n) is 2.91. The van der Waals surface area contributed by atoms with E-state index in [9.17, 15) is 0 Å². The number of halogens is 1. The summed E-state index contributed by atoms with van der Waals surface area (Å²) in [7, 11) is 2.27. The first-order valence-corrected chi connectivity index (χ1v) is 8.31. The van der Waals surface area contributed by atoms with Crippen molar-refractivity contribution in [1.82, 2.24) is 9.88 Å². The number of thiazole rings is 1. The van der Waals surface area contributed by atoms with Crippen LogP contribution in [0.5, 0.6) is 0 Å². The lowest BCUT2D eigenvalue weighted by molar-refractivity contribution is 0.141. The maximum atomic E-state index is 5.78. The summed E-state index contributed by atoms with van der Waals surface area (Å²) in [6, 6.07) is 0.770. The van der Waals surface area contributed by atoms with Crippen LogP contribution in [0, 0.1) is 5.92 Å². The number of alkyl halides is 1. The molecule has 0 spiro atoms. The lowest BCUT2D eigenvalue weighted by Crippen LogP contribution is -2.39. The first-order chi connectivity index (χ1) is 8.70. The SMILES string of the molecule is CC1CCCCC1N(C)CCc1nc(CCl)cs1. The largest absolute Gasteiger partial charge is 0.303 e. The van der Waals surface area contributed by atoms with E-state index in [1.54, 1.807) is 11.3 Å². The molecular weight excluding hydrogens is 264 g/mol. The Kier molecular flexibility index (Phi) is 5.46. The molecule has 4 heteroatoms. The van der Waals surface area contributed by atoms with Crippen molar-refractivity contribution in [2.24, 2.45) is 5.92 Å². The molecule has 102 valence electrons. The van der Waals surface area contributed by atoms with Crippen molar-refractivity contribution in [1.29, 1.82) is 0 Å². The maximum Gasteiger partial charge on any atom is 0.0941 e. The van der Waals surface area contributed by atoms with Crippen molar-refractivity contribution in [2.75, 3.05) is 13.6 Å². The van der Waals surface area contributed by atoms with Crippen molar-refractivity contribution < 1.29 is 0 Å². The molecule has 0 amide bonds. The van der Waals surface area contributed by atoms with Gasteiger partial charge in [-0.1, -0.05) is 19.8 Å². The van der Waals surface area contributed by atoms with Gasteiger partial charge in [0.2, 0.25) is 0 Å². The molecule has 2 unspecified atom stereocenters. The highest BCUT2D eigenvalue weighted by Gasteiger charge is 2.24. The zero-order valence-electron chi connectivity index (χ0n) is 11.4. The molecule has 18 heavy (non-hydrogen) atoms. The third-order valence-electron chi connectivity index (χ3n) is 4.05. The first-order valence-electron chi connectivity index (χ1n) is 6.90. The van der Waals surface area contributed by atoms with Crippen molar-refractivity contribution in [3.05, 3.63) is 16.1 Å². The van der Waals surface area contributed by atoms with Gasteiger partial charge in [0.1, 0.15) is 0 Å². The van der Waals surface area contributed by atoms with Gasteiger partial charge in [-0.2, -0.15) is 0 Å². The maximum absolute atomic E-state index is 5.78. The Balaban J connectivity index is 1.81. The Morgan fingerprint density at radius 2 is 2.22 bits per heavy atom. The number of hydrogen-bond donors (Lipinski definition) is 0. The van der Waals surface area contributed by atoms with Crippen LogP contribution in [-0.2, 0) is 12.3 Å². The standard InChI is InChI=1S/C14H23ClN2S/c1-11-5-3-4-6-13(11)17(2)8-7-14-16-12(9-15)10-18-14/h10-11,13H,3-9H2,1-2H3. The van der Waals surface area contributed by atoms with E-state index in [1.165, 1.54) is 30.7 Å². The molecular formula is C14H23ClN2S. The summed E-state index contributed by atoms with van der Waals surface area (Å²) < 4.78 is 0. The summed E-state index contributed by atoms with van der Waals surface area (Å²) in [4.78, 5) is 7.06. The van der Waals surface area contributed by atoms with E-state index in [-0.39, 0.29) is 0 Å². The Morgan fingerprint density at radius 1 is 1.44 bits per heavy atom. The van der Waals surface area contributed by atoms with Gasteiger partial charge in [0.25, 0.3) is 0 Å². The lowest BCUT2D eigenvalue weighted by atomic mass is 9.85.